The number of nitrogens with one attached hydrogen (secondary N) is 2. The zero-order valence-electron chi connectivity index (χ0n) is 25.0. The summed E-state index contributed by atoms with van der Waals surface area (Å²) in [7, 11) is 0. The molecule has 2 aliphatic heterocycles. The first-order valence-corrected chi connectivity index (χ1v) is 15.6. The lowest BCUT2D eigenvalue weighted by Crippen LogP contribution is -2.69. The second-order valence-electron chi connectivity index (χ2n) is 12.7. The van der Waals surface area contributed by atoms with Crippen molar-refractivity contribution in [3.63, 3.8) is 0 Å². The Bertz CT molecular complexity index is 905. The lowest BCUT2D eigenvalue weighted by molar-refractivity contribution is -0.314. The van der Waals surface area contributed by atoms with Crippen molar-refractivity contribution in [3.8, 4) is 0 Å². The molecule has 256 valence electrons. The normalized spacial score (nSPS) is 45.4. The first kappa shape index (κ1) is 35.7. The average molecular weight is 636 g/mol. The lowest BCUT2D eigenvalue weighted by atomic mass is 9.81. The van der Waals surface area contributed by atoms with E-state index in [2.05, 4.69) is 10.6 Å². The molecule has 0 aromatic heterocycles. The number of nitrogens with two attached hydrogens (primary N) is 5. The number of ether oxygens (including phenoxy) is 4. The Labute approximate surface area is 257 Å². The molecule has 0 aromatic carbocycles. The van der Waals surface area contributed by atoms with Gasteiger partial charge in [0.05, 0.1) is 30.8 Å². The predicted octanol–water partition coefficient (Wildman–Crippen LogP) is -6.03. The Morgan fingerprint density at radius 3 is 2.25 bits per heavy atom. The van der Waals surface area contributed by atoms with E-state index in [1.165, 1.54) is 0 Å². The van der Waals surface area contributed by atoms with E-state index in [0.29, 0.717) is 18.9 Å². The quantitative estimate of drug-likeness (QED) is 0.0896. The fourth-order valence-corrected chi connectivity index (χ4v) is 6.40. The van der Waals surface area contributed by atoms with E-state index in [4.69, 9.17) is 47.6 Å². The first-order chi connectivity index (χ1) is 20.9. The van der Waals surface area contributed by atoms with Crippen molar-refractivity contribution < 1.29 is 49.3 Å². The molecule has 0 spiro atoms. The molecule has 2 saturated heterocycles. The van der Waals surface area contributed by atoms with E-state index in [-0.39, 0.29) is 31.5 Å². The molecule has 1 unspecified atom stereocenters. The molecule has 0 bridgehead atoms. The fraction of sp³-hybridized carbons (Fsp3) is 0.963. The Morgan fingerprint density at radius 1 is 0.886 bits per heavy atom. The molecule has 4 rings (SSSR count). The molecule has 17 heteroatoms. The molecule has 44 heavy (non-hydrogen) atoms. The summed E-state index contributed by atoms with van der Waals surface area (Å²) in [6.45, 7) is 0.890. The summed E-state index contributed by atoms with van der Waals surface area (Å²) >= 11 is 0. The van der Waals surface area contributed by atoms with Crippen molar-refractivity contribution in [3.05, 3.63) is 0 Å². The van der Waals surface area contributed by atoms with Crippen LogP contribution in [-0.4, -0.2) is 149 Å². The Balaban J connectivity index is 1.45. The van der Waals surface area contributed by atoms with Crippen molar-refractivity contribution in [2.75, 3.05) is 26.2 Å². The lowest BCUT2D eigenvalue weighted by Gasteiger charge is -2.48. The summed E-state index contributed by atoms with van der Waals surface area (Å²) in [6, 6.07) is -3.25. The summed E-state index contributed by atoms with van der Waals surface area (Å²) in [4.78, 5) is 12.7. The Morgan fingerprint density at radius 2 is 1.59 bits per heavy atom. The van der Waals surface area contributed by atoms with Crippen LogP contribution in [0.15, 0.2) is 0 Å². The topological polar surface area (TPSA) is 309 Å². The number of carbonyl (C=O) groups is 1. The number of carbonyl (C=O) groups excluding carboxylic acids is 1. The Kier molecular flexibility index (Phi) is 13.1. The summed E-state index contributed by atoms with van der Waals surface area (Å²) in [5.74, 6) is -0.202. The summed E-state index contributed by atoms with van der Waals surface area (Å²) in [5, 5.41) is 58.4. The van der Waals surface area contributed by atoms with Crippen molar-refractivity contribution in [2.24, 2.45) is 34.6 Å². The van der Waals surface area contributed by atoms with Gasteiger partial charge < -0.3 is 83.8 Å². The molecule has 0 radical (unpaired) electrons. The van der Waals surface area contributed by atoms with Gasteiger partial charge in [-0.25, -0.2) is 0 Å². The van der Waals surface area contributed by atoms with Crippen molar-refractivity contribution in [1.82, 2.24) is 10.6 Å². The van der Waals surface area contributed by atoms with E-state index in [1.807, 2.05) is 0 Å². The standard InChI is InChI=1S/C27H53N7O10/c28-4-3-17(36)25(40)34-16-7-15(31)23(22(39)24(16)44-27-21(38)19(32)20(37)18(10-35)42-27)43-26-14(30)2-1-13(41-26)9-33-8-11-5-12(29)6-11/h11-24,26-27,33,35-39H,1-10,28-32H2,(H,34,40)/t11?,12?,13-,14+,15-,16+,17-,18+,19-,20+,21+,22-,23?,24-,26+,27+/m0/s1. The minimum atomic E-state index is -1.55. The molecule has 2 heterocycles. The van der Waals surface area contributed by atoms with Gasteiger partial charge in [-0.2, -0.15) is 0 Å². The molecule has 2 aliphatic carbocycles. The van der Waals surface area contributed by atoms with E-state index in [1.54, 1.807) is 0 Å². The van der Waals surface area contributed by atoms with Gasteiger partial charge in [0.2, 0.25) is 5.91 Å². The molecular weight excluding hydrogens is 582 g/mol. The van der Waals surface area contributed by atoms with Gasteiger partial charge in [-0.05, 0) is 57.5 Å². The van der Waals surface area contributed by atoms with Crippen LogP contribution in [0.3, 0.4) is 0 Å². The zero-order chi connectivity index (χ0) is 32.1. The highest BCUT2D eigenvalue weighted by Gasteiger charge is 2.51. The number of amides is 1. The smallest absolute Gasteiger partial charge is 0.249 e. The largest absolute Gasteiger partial charge is 0.394 e. The highest BCUT2D eigenvalue weighted by atomic mass is 16.7. The van der Waals surface area contributed by atoms with Gasteiger partial charge in [-0.3, -0.25) is 4.79 Å². The van der Waals surface area contributed by atoms with Crippen molar-refractivity contribution in [1.29, 1.82) is 0 Å². The third-order valence-corrected chi connectivity index (χ3v) is 9.18. The first-order valence-electron chi connectivity index (χ1n) is 15.6. The average Bonchev–Trinajstić information content (AvgIpc) is 2.97. The monoisotopic (exact) mass is 635 g/mol. The maximum atomic E-state index is 12.7. The number of rotatable bonds is 13. The highest BCUT2D eigenvalue weighted by molar-refractivity contribution is 5.80. The molecule has 1 amide bonds. The Hall–Kier alpha value is -1.13. The van der Waals surface area contributed by atoms with Crippen LogP contribution in [0.4, 0.5) is 0 Å². The van der Waals surface area contributed by atoms with Crippen LogP contribution in [0.25, 0.3) is 0 Å². The number of aliphatic hydroxyl groups is 5. The van der Waals surface area contributed by atoms with Gasteiger partial charge in [0.1, 0.15) is 42.7 Å². The van der Waals surface area contributed by atoms with Crippen LogP contribution in [-0.2, 0) is 23.7 Å². The zero-order valence-corrected chi connectivity index (χ0v) is 25.0. The molecule has 17 nitrogen and oxygen atoms in total. The number of hydrogen-bond donors (Lipinski definition) is 12. The molecule has 4 aliphatic rings. The second kappa shape index (κ2) is 16.1. The molecular formula is C27H53N7O10. The van der Waals surface area contributed by atoms with E-state index in [0.717, 1.165) is 25.8 Å². The highest BCUT2D eigenvalue weighted by Crippen LogP contribution is 2.32. The number of aliphatic hydroxyl groups excluding tert-OH is 5. The predicted molar refractivity (Wildman–Crippen MR) is 155 cm³/mol. The molecule has 4 fully saturated rings. The van der Waals surface area contributed by atoms with Crippen LogP contribution in [0, 0.1) is 5.92 Å². The van der Waals surface area contributed by atoms with Crippen LogP contribution >= 0.6 is 0 Å². The maximum Gasteiger partial charge on any atom is 0.249 e. The van der Waals surface area contributed by atoms with Gasteiger partial charge in [0.25, 0.3) is 0 Å². The van der Waals surface area contributed by atoms with E-state index >= 15 is 0 Å². The van der Waals surface area contributed by atoms with Gasteiger partial charge in [-0.1, -0.05) is 0 Å². The second-order valence-corrected chi connectivity index (χ2v) is 12.7. The van der Waals surface area contributed by atoms with Crippen LogP contribution < -0.4 is 39.3 Å². The third kappa shape index (κ3) is 8.61. The summed E-state index contributed by atoms with van der Waals surface area (Å²) in [6.07, 6.45) is -8.58. The summed E-state index contributed by atoms with van der Waals surface area (Å²) in [5.41, 5.74) is 30.1. The van der Waals surface area contributed by atoms with E-state index in [9.17, 15) is 30.3 Å². The fourth-order valence-electron chi connectivity index (χ4n) is 6.40. The van der Waals surface area contributed by atoms with Gasteiger partial charge in [0, 0.05) is 18.6 Å². The summed E-state index contributed by atoms with van der Waals surface area (Å²) < 4.78 is 23.9. The van der Waals surface area contributed by atoms with Gasteiger partial charge in [0.15, 0.2) is 12.6 Å². The molecule has 14 atom stereocenters. The maximum absolute atomic E-state index is 12.7. The minimum Gasteiger partial charge on any atom is -0.394 e. The molecule has 2 saturated carbocycles. The molecule has 0 aromatic rings. The van der Waals surface area contributed by atoms with Crippen LogP contribution in [0.1, 0.15) is 38.5 Å². The van der Waals surface area contributed by atoms with Crippen molar-refractivity contribution in [2.45, 2.75) is 130 Å². The molecule has 17 N–H and O–H groups in total. The van der Waals surface area contributed by atoms with Crippen molar-refractivity contribution >= 4 is 5.91 Å². The minimum absolute atomic E-state index is 0.000911. The van der Waals surface area contributed by atoms with E-state index < -0.39 is 92.0 Å². The number of hydrogen-bond acceptors (Lipinski definition) is 16. The van der Waals surface area contributed by atoms with Gasteiger partial charge >= 0.3 is 0 Å². The SMILES string of the molecule is NCC[C@H](O)C(=O)N[C@@H]1C[C@H](N)C(O[C@H]2O[C@H](CNCC3CC(N)C3)CC[C@H]2N)[C@H](O)[C@H]1O[C@H]1O[C@H](CO)[C@@H](O)[C@H](N)[C@H]1O. The van der Waals surface area contributed by atoms with Crippen LogP contribution in [0.5, 0.6) is 0 Å². The van der Waals surface area contributed by atoms with Gasteiger partial charge in [-0.15, -0.1) is 0 Å². The third-order valence-electron chi connectivity index (χ3n) is 9.18. The van der Waals surface area contributed by atoms with Crippen LogP contribution in [0.2, 0.25) is 0 Å².